The molecule has 15 heavy (non-hydrogen) atoms. The van der Waals surface area contributed by atoms with Gasteiger partial charge < -0.3 is 0 Å². The second kappa shape index (κ2) is 4.17. The van der Waals surface area contributed by atoms with Gasteiger partial charge in [-0.15, -0.1) is 0 Å². The molecule has 3 nitrogen and oxygen atoms in total. The molecule has 0 aromatic carbocycles. The Morgan fingerprint density at radius 3 is 2.40 bits per heavy atom. The summed E-state index contributed by atoms with van der Waals surface area (Å²) in [6.07, 6.45) is 0.938. The first kappa shape index (κ1) is 12.0. The van der Waals surface area contributed by atoms with E-state index in [-0.39, 0.29) is 17.5 Å². The molecule has 0 radical (unpaired) electrons. The summed E-state index contributed by atoms with van der Waals surface area (Å²) in [6.45, 7) is 16.7. The Morgan fingerprint density at radius 2 is 2.00 bits per heavy atom. The molecule has 0 bridgehead atoms. The van der Waals surface area contributed by atoms with Crippen LogP contribution in [0, 0.1) is 5.41 Å². The smallest absolute Gasteiger partial charge is 0.103 e. The molecule has 1 aliphatic rings. The van der Waals surface area contributed by atoms with Gasteiger partial charge in [0.05, 0.1) is 6.04 Å². The first-order chi connectivity index (χ1) is 6.91. The molecule has 2 atom stereocenters. The molecule has 0 aliphatic carbocycles. The molecule has 0 aromatic heterocycles. The zero-order valence-electron chi connectivity index (χ0n) is 10.2. The number of nitrogens with zero attached hydrogens (tertiary/aromatic N) is 2. The molecule has 1 heterocycles. The van der Waals surface area contributed by atoms with E-state index in [1.165, 1.54) is 0 Å². The lowest BCUT2D eigenvalue weighted by Crippen LogP contribution is -2.39. The molecule has 1 rings (SSSR count). The fourth-order valence-electron chi connectivity index (χ4n) is 1.97. The first-order valence-corrected chi connectivity index (χ1v) is 5.44. The second-order valence-electron chi connectivity index (χ2n) is 4.74. The van der Waals surface area contributed by atoms with Crippen molar-refractivity contribution < 1.29 is 0 Å². The normalized spacial score (nSPS) is 25.1. The van der Waals surface area contributed by atoms with Crippen LogP contribution >= 0.6 is 0 Å². The highest BCUT2D eigenvalue weighted by molar-refractivity contribution is 5.32. The van der Waals surface area contributed by atoms with Gasteiger partial charge in [0.25, 0.3) is 0 Å². The molecule has 0 aromatic rings. The molecule has 1 N–H and O–H groups in total. The largest absolute Gasteiger partial charge is 0.287 e. The molecular formula is C12H21N3. The number of rotatable bonds is 4. The zero-order chi connectivity index (χ0) is 11.6. The topological polar surface area (TPSA) is 36.8 Å². The van der Waals surface area contributed by atoms with Crippen molar-refractivity contribution in [2.75, 3.05) is 0 Å². The minimum atomic E-state index is -0.0838. The van der Waals surface area contributed by atoms with Crippen molar-refractivity contribution in [3.63, 3.8) is 0 Å². The van der Waals surface area contributed by atoms with Crippen LogP contribution in [0.2, 0.25) is 0 Å². The van der Waals surface area contributed by atoms with Crippen molar-refractivity contribution in [3.05, 3.63) is 24.3 Å². The average Bonchev–Trinajstić information content (AvgIpc) is 2.62. The minimum absolute atomic E-state index is 0.0838. The van der Waals surface area contributed by atoms with Crippen molar-refractivity contribution in [1.29, 1.82) is 0 Å². The number of hydrogen-bond donors (Lipinski definition) is 1. The van der Waals surface area contributed by atoms with Gasteiger partial charge in [0.15, 0.2) is 0 Å². The van der Waals surface area contributed by atoms with Gasteiger partial charge in [0.2, 0.25) is 0 Å². The van der Waals surface area contributed by atoms with Crippen molar-refractivity contribution >= 4 is 0 Å². The third-order valence-electron chi connectivity index (χ3n) is 3.29. The maximum Gasteiger partial charge on any atom is 0.103 e. The van der Waals surface area contributed by atoms with Crippen LogP contribution < -0.4 is 5.43 Å². The zero-order valence-corrected chi connectivity index (χ0v) is 10.2. The molecule has 84 valence electrons. The fraction of sp³-hybridized carbons (Fsp3) is 0.667. The first-order valence-electron chi connectivity index (χ1n) is 5.44. The Labute approximate surface area is 92.3 Å². The predicted octanol–water partition coefficient (Wildman–Crippen LogP) is 3.26. The lowest BCUT2D eigenvalue weighted by molar-refractivity contribution is 0.322. The summed E-state index contributed by atoms with van der Waals surface area (Å²) in [6, 6.07) is 0.412. The fourth-order valence-corrected chi connectivity index (χ4v) is 1.97. The van der Waals surface area contributed by atoms with Crippen LogP contribution in [0.1, 0.15) is 34.1 Å². The van der Waals surface area contributed by atoms with Crippen LogP contribution in [0.25, 0.3) is 0 Å². The number of nitrogens with one attached hydrogen (secondary N) is 1. The van der Waals surface area contributed by atoms with E-state index in [1.807, 2.05) is 0 Å². The van der Waals surface area contributed by atoms with Crippen LogP contribution in [-0.2, 0) is 0 Å². The van der Waals surface area contributed by atoms with E-state index in [1.54, 1.807) is 0 Å². The third-order valence-corrected chi connectivity index (χ3v) is 3.29. The Morgan fingerprint density at radius 1 is 1.40 bits per heavy atom. The van der Waals surface area contributed by atoms with Crippen LogP contribution in [-0.4, -0.2) is 12.1 Å². The van der Waals surface area contributed by atoms with Crippen LogP contribution in [0.15, 0.2) is 34.6 Å². The van der Waals surface area contributed by atoms with Crippen LogP contribution in [0.5, 0.6) is 0 Å². The third kappa shape index (κ3) is 2.11. The van der Waals surface area contributed by atoms with E-state index in [2.05, 4.69) is 56.6 Å². The van der Waals surface area contributed by atoms with Gasteiger partial charge in [0.1, 0.15) is 6.04 Å². The van der Waals surface area contributed by atoms with Crippen LogP contribution in [0.4, 0.5) is 0 Å². The molecule has 0 amide bonds. The summed E-state index contributed by atoms with van der Waals surface area (Å²) in [7, 11) is 0. The molecule has 0 saturated carbocycles. The summed E-state index contributed by atoms with van der Waals surface area (Å²) >= 11 is 0. The molecule has 0 fully saturated rings. The SMILES string of the molecule is C=C(CC)C(=C)C(C)(C)C1N=NNC1C. The standard InChI is InChI=1S/C12H21N3/c1-7-8(2)9(3)12(5,6)11-10(4)13-15-14-11/h10-11H,2-3,7H2,1,4-6H3,(H,13,14). The van der Waals surface area contributed by atoms with Gasteiger partial charge in [-0.3, -0.25) is 5.43 Å². The van der Waals surface area contributed by atoms with Gasteiger partial charge in [-0.2, -0.15) is 5.11 Å². The van der Waals surface area contributed by atoms with Crippen LogP contribution in [0.3, 0.4) is 0 Å². The summed E-state index contributed by atoms with van der Waals surface area (Å²) in [5.41, 5.74) is 5.08. The minimum Gasteiger partial charge on any atom is -0.287 e. The Hall–Kier alpha value is -1.12. The lowest BCUT2D eigenvalue weighted by Gasteiger charge is -2.33. The summed E-state index contributed by atoms with van der Waals surface area (Å²) in [5, 5.41) is 8.12. The molecule has 2 unspecified atom stereocenters. The average molecular weight is 207 g/mol. The van der Waals surface area contributed by atoms with Crippen molar-refractivity contribution in [2.45, 2.75) is 46.2 Å². The molecule has 3 heteroatoms. The monoisotopic (exact) mass is 207 g/mol. The van der Waals surface area contributed by atoms with E-state index in [4.69, 9.17) is 0 Å². The van der Waals surface area contributed by atoms with Gasteiger partial charge in [-0.25, -0.2) is 0 Å². The summed E-state index contributed by atoms with van der Waals surface area (Å²) in [4.78, 5) is 0. The van der Waals surface area contributed by atoms with Crippen molar-refractivity contribution in [3.8, 4) is 0 Å². The summed E-state index contributed by atoms with van der Waals surface area (Å²) < 4.78 is 0. The molecule has 0 spiro atoms. The number of allylic oxidation sites excluding steroid dienone is 1. The molecule has 1 aliphatic heterocycles. The quantitative estimate of drug-likeness (QED) is 0.706. The lowest BCUT2D eigenvalue weighted by atomic mass is 9.73. The van der Waals surface area contributed by atoms with E-state index in [0.717, 1.165) is 17.6 Å². The van der Waals surface area contributed by atoms with E-state index in [9.17, 15) is 0 Å². The van der Waals surface area contributed by atoms with Gasteiger partial charge in [0, 0.05) is 5.41 Å². The van der Waals surface area contributed by atoms with Gasteiger partial charge in [-0.05, 0) is 18.9 Å². The Kier molecular flexibility index (Phi) is 3.32. The van der Waals surface area contributed by atoms with E-state index < -0.39 is 0 Å². The Balaban J connectivity index is 2.86. The second-order valence-corrected chi connectivity index (χ2v) is 4.74. The highest BCUT2D eigenvalue weighted by Gasteiger charge is 2.39. The highest BCUT2D eigenvalue weighted by atomic mass is 15.5. The summed E-state index contributed by atoms with van der Waals surface area (Å²) in [5.74, 6) is 0. The highest BCUT2D eigenvalue weighted by Crippen LogP contribution is 2.38. The van der Waals surface area contributed by atoms with E-state index >= 15 is 0 Å². The van der Waals surface area contributed by atoms with E-state index in [0.29, 0.717) is 0 Å². The molecular weight excluding hydrogens is 186 g/mol. The molecule has 0 saturated heterocycles. The van der Waals surface area contributed by atoms with Gasteiger partial charge in [-0.1, -0.05) is 44.7 Å². The van der Waals surface area contributed by atoms with Crippen molar-refractivity contribution in [2.24, 2.45) is 15.8 Å². The Bertz CT molecular complexity index is 302. The maximum absolute atomic E-state index is 4.24. The maximum atomic E-state index is 4.24. The number of hydrogen-bond acceptors (Lipinski definition) is 3. The van der Waals surface area contributed by atoms with Gasteiger partial charge >= 0.3 is 0 Å². The van der Waals surface area contributed by atoms with Crippen molar-refractivity contribution in [1.82, 2.24) is 5.43 Å². The predicted molar refractivity (Wildman–Crippen MR) is 63.6 cm³/mol.